The zero-order chi connectivity index (χ0) is 16.9. The largest absolute Gasteiger partial charge is 0.454 e. The molecule has 2 aromatic heterocycles. The molecule has 0 unspecified atom stereocenters. The molecular formula is C17H18N4O2S. The number of nitrogens with one attached hydrogen (secondary N) is 1. The number of pyridine rings is 1. The smallest absolute Gasteiger partial charge is 0.231 e. The number of nitrogens with two attached hydrogens (primary N) is 1. The molecule has 1 aliphatic heterocycles. The van der Waals surface area contributed by atoms with Crippen LogP contribution >= 0.6 is 11.8 Å². The number of rotatable bonds is 2. The highest BCUT2D eigenvalue weighted by molar-refractivity contribution is 7.99. The van der Waals surface area contributed by atoms with Gasteiger partial charge in [-0.25, -0.2) is 9.97 Å². The molecule has 0 atom stereocenters. The van der Waals surface area contributed by atoms with Crippen molar-refractivity contribution in [2.45, 2.75) is 36.2 Å². The van der Waals surface area contributed by atoms with E-state index in [2.05, 4.69) is 41.8 Å². The summed E-state index contributed by atoms with van der Waals surface area (Å²) < 4.78 is 11.0. The third-order valence-electron chi connectivity index (χ3n) is 3.90. The minimum Gasteiger partial charge on any atom is -0.454 e. The summed E-state index contributed by atoms with van der Waals surface area (Å²) in [7, 11) is 0. The number of ether oxygens (including phenoxy) is 2. The number of benzene rings is 1. The summed E-state index contributed by atoms with van der Waals surface area (Å²) in [4.78, 5) is 13.0. The molecule has 1 aliphatic rings. The number of hydrogen-bond acceptors (Lipinski definition) is 6. The predicted molar refractivity (Wildman–Crippen MR) is 93.7 cm³/mol. The number of hydrogen-bond donors (Lipinski definition) is 2. The number of imidazole rings is 1. The van der Waals surface area contributed by atoms with Crippen molar-refractivity contribution < 1.29 is 9.47 Å². The number of nitrogen functional groups attached to an aromatic ring is 1. The van der Waals surface area contributed by atoms with Crippen LogP contribution in [0.25, 0.3) is 11.0 Å². The van der Waals surface area contributed by atoms with Crippen molar-refractivity contribution >= 4 is 28.6 Å². The van der Waals surface area contributed by atoms with Gasteiger partial charge in [0.15, 0.2) is 22.5 Å². The summed E-state index contributed by atoms with van der Waals surface area (Å²) >= 11 is 1.56. The number of fused-ring (bicyclic) bond motifs is 2. The van der Waals surface area contributed by atoms with Crippen LogP contribution in [-0.4, -0.2) is 21.7 Å². The van der Waals surface area contributed by atoms with Crippen LogP contribution in [0.4, 0.5) is 5.82 Å². The first kappa shape index (κ1) is 15.1. The van der Waals surface area contributed by atoms with E-state index >= 15 is 0 Å². The maximum absolute atomic E-state index is 5.90. The van der Waals surface area contributed by atoms with Crippen molar-refractivity contribution in [2.24, 2.45) is 0 Å². The highest BCUT2D eigenvalue weighted by Gasteiger charge is 2.25. The van der Waals surface area contributed by atoms with E-state index in [4.69, 9.17) is 15.2 Å². The van der Waals surface area contributed by atoms with Gasteiger partial charge in [0.2, 0.25) is 6.79 Å². The molecular weight excluding hydrogens is 324 g/mol. The zero-order valence-electron chi connectivity index (χ0n) is 13.7. The van der Waals surface area contributed by atoms with Gasteiger partial charge in [0, 0.05) is 11.1 Å². The summed E-state index contributed by atoms with van der Waals surface area (Å²) in [5.41, 5.74) is 8.62. The molecule has 0 radical (unpaired) electrons. The molecule has 6 nitrogen and oxygen atoms in total. The second-order valence-corrected chi connectivity index (χ2v) is 7.72. The van der Waals surface area contributed by atoms with E-state index in [0.717, 1.165) is 27.1 Å². The number of nitrogens with zero attached hydrogens (tertiary/aromatic N) is 2. The Hall–Kier alpha value is -2.41. The predicted octanol–water partition coefficient (Wildman–Crippen LogP) is 3.72. The van der Waals surface area contributed by atoms with E-state index in [1.165, 1.54) is 5.56 Å². The van der Waals surface area contributed by atoms with Crippen molar-refractivity contribution in [3.63, 3.8) is 0 Å². The molecule has 0 spiro atoms. The summed E-state index contributed by atoms with van der Waals surface area (Å²) in [6.45, 7) is 6.79. The van der Waals surface area contributed by atoms with E-state index in [9.17, 15) is 0 Å². The van der Waals surface area contributed by atoms with Crippen LogP contribution in [0.5, 0.6) is 11.5 Å². The quantitative estimate of drug-likeness (QED) is 0.738. The Morgan fingerprint density at radius 3 is 2.67 bits per heavy atom. The van der Waals surface area contributed by atoms with E-state index in [1.54, 1.807) is 18.0 Å². The molecule has 0 saturated carbocycles. The first-order chi connectivity index (χ1) is 11.4. The van der Waals surface area contributed by atoms with Crippen LogP contribution in [0.3, 0.4) is 0 Å². The molecule has 0 saturated heterocycles. The Labute approximate surface area is 143 Å². The van der Waals surface area contributed by atoms with Crippen molar-refractivity contribution in [3.05, 3.63) is 30.0 Å². The number of anilines is 1. The van der Waals surface area contributed by atoms with Crippen molar-refractivity contribution in [1.82, 2.24) is 15.0 Å². The summed E-state index contributed by atoms with van der Waals surface area (Å²) in [6, 6.07) is 5.94. The van der Waals surface area contributed by atoms with Gasteiger partial charge < -0.3 is 20.2 Å². The topological polar surface area (TPSA) is 86.1 Å². The number of aromatic nitrogens is 3. The lowest BCUT2D eigenvalue weighted by molar-refractivity contribution is 0.174. The van der Waals surface area contributed by atoms with Crippen LogP contribution in [-0.2, 0) is 5.41 Å². The van der Waals surface area contributed by atoms with Crippen molar-refractivity contribution in [2.75, 3.05) is 12.5 Å². The molecule has 0 aliphatic carbocycles. The fraction of sp³-hybridized carbons (Fsp3) is 0.294. The molecule has 1 aromatic carbocycles. The SMILES string of the molecule is CC(C)(C)c1cc2c(cc1Sc1nc3c(N)nccc3[nH]1)OCO2. The van der Waals surface area contributed by atoms with E-state index in [0.29, 0.717) is 11.3 Å². The standard InChI is InChI=1S/C17H18N4O2S/c1-17(2,3)9-6-11-12(23-8-22-11)7-13(9)24-16-20-10-4-5-19-15(18)14(10)21-16/h4-7H,8H2,1-3H3,(H2,18,19)(H,20,21). The Morgan fingerprint density at radius 1 is 1.21 bits per heavy atom. The highest BCUT2D eigenvalue weighted by Crippen LogP contribution is 2.44. The van der Waals surface area contributed by atoms with Crippen molar-refractivity contribution in [1.29, 1.82) is 0 Å². The zero-order valence-corrected chi connectivity index (χ0v) is 14.5. The monoisotopic (exact) mass is 342 g/mol. The minimum absolute atomic E-state index is 0.0318. The second-order valence-electron chi connectivity index (χ2n) is 6.69. The molecule has 3 N–H and O–H groups in total. The normalized spacial score (nSPS) is 13.6. The van der Waals surface area contributed by atoms with Gasteiger partial charge in [-0.3, -0.25) is 0 Å². The van der Waals surface area contributed by atoms with Crippen LogP contribution in [0.1, 0.15) is 26.3 Å². The van der Waals surface area contributed by atoms with Gasteiger partial charge in [0.1, 0.15) is 5.52 Å². The molecule has 24 heavy (non-hydrogen) atoms. The molecule has 4 rings (SSSR count). The Bertz CT molecular complexity index is 930. The van der Waals surface area contributed by atoms with Crippen LogP contribution in [0, 0.1) is 0 Å². The summed E-state index contributed by atoms with van der Waals surface area (Å²) in [6.07, 6.45) is 1.67. The fourth-order valence-corrected chi connectivity index (χ4v) is 3.83. The van der Waals surface area contributed by atoms with Gasteiger partial charge in [-0.2, -0.15) is 0 Å². The van der Waals surface area contributed by atoms with Crippen LogP contribution in [0.2, 0.25) is 0 Å². The molecule has 0 fully saturated rings. The van der Waals surface area contributed by atoms with Gasteiger partial charge in [0.25, 0.3) is 0 Å². The fourth-order valence-electron chi connectivity index (χ4n) is 2.68. The van der Waals surface area contributed by atoms with Gasteiger partial charge in [-0.1, -0.05) is 32.5 Å². The first-order valence-electron chi connectivity index (χ1n) is 7.64. The molecule has 3 heterocycles. The summed E-state index contributed by atoms with van der Waals surface area (Å²) in [5.74, 6) is 1.99. The molecule has 124 valence electrons. The van der Waals surface area contributed by atoms with Gasteiger partial charge in [-0.15, -0.1) is 0 Å². The lowest BCUT2D eigenvalue weighted by atomic mass is 9.87. The van der Waals surface area contributed by atoms with Crippen molar-refractivity contribution in [3.8, 4) is 11.5 Å². The van der Waals surface area contributed by atoms with E-state index in [1.807, 2.05) is 12.1 Å². The molecule has 3 aromatic rings. The lowest BCUT2D eigenvalue weighted by Gasteiger charge is -2.22. The highest BCUT2D eigenvalue weighted by atomic mass is 32.2. The minimum atomic E-state index is -0.0318. The number of aromatic amines is 1. The summed E-state index contributed by atoms with van der Waals surface area (Å²) in [5, 5.41) is 0.772. The third kappa shape index (κ3) is 2.54. The average Bonchev–Trinajstić information content (AvgIpc) is 3.12. The first-order valence-corrected chi connectivity index (χ1v) is 8.45. The molecule has 0 bridgehead atoms. The van der Waals surface area contributed by atoms with Crippen LogP contribution < -0.4 is 15.2 Å². The van der Waals surface area contributed by atoms with E-state index in [-0.39, 0.29) is 12.2 Å². The third-order valence-corrected chi connectivity index (χ3v) is 4.84. The van der Waals surface area contributed by atoms with Gasteiger partial charge in [-0.05, 0) is 29.2 Å². The van der Waals surface area contributed by atoms with E-state index < -0.39 is 0 Å². The van der Waals surface area contributed by atoms with Crippen LogP contribution in [0.15, 0.2) is 34.4 Å². The lowest BCUT2D eigenvalue weighted by Crippen LogP contribution is -2.12. The Kier molecular flexibility index (Phi) is 3.35. The maximum Gasteiger partial charge on any atom is 0.231 e. The number of H-pyrrole nitrogens is 1. The Balaban J connectivity index is 1.79. The second kappa shape index (κ2) is 5.31. The average molecular weight is 342 g/mol. The van der Waals surface area contributed by atoms with Gasteiger partial charge >= 0.3 is 0 Å². The maximum atomic E-state index is 5.90. The Morgan fingerprint density at radius 2 is 1.96 bits per heavy atom. The molecule has 7 heteroatoms. The molecule has 0 amide bonds. The van der Waals surface area contributed by atoms with Gasteiger partial charge in [0.05, 0.1) is 5.52 Å².